The van der Waals surface area contributed by atoms with E-state index in [4.69, 9.17) is 9.47 Å². The molecule has 0 spiro atoms. The van der Waals surface area contributed by atoms with Gasteiger partial charge in [0, 0.05) is 0 Å². The van der Waals surface area contributed by atoms with Crippen LogP contribution in [0.15, 0.2) is 48.5 Å². The summed E-state index contributed by atoms with van der Waals surface area (Å²) in [5.74, 6) is 0.784. The second kappa shape index (κ2) is 14.5. The third-order valence-corrected chi connectivity index (χ3v) is 8.35. The number of benzene rings is 2. The van der Waals surface area contributed by atoms with Gasteiger partial charge >= 0.3 is 5.97 Å². The molecule has 0 aromatic heterocycles. The van der Waals surface area contributed by atoms with Gasteiger partial charge in [0.25, 0.3) is 5.91 Å². The van der Waals surface area contributed by atoms with Crippen LogP contribution in [0.3, 0.4) is 0 Å². The molecule has 1 fully saturated rings. The van der Waals surface area contributed by atoms with Crippen molar-refractivity contribution in [3.05, 3.63) is 65.2 Å². The molecule has 2 aromatic rings. The molecule has 1 amide bonds. The number of rotatable bonds is 14. The Labute approximate surface area is 231 Å². The number of aliphatic hydroxyl groups is 2. The SMILES string of the molecule is CCCCC[C@H](O)CC[C@@H]1[C@H]2Cc3cccc(OCC(=O)NCC(=O)OCc4ccccc4)c3C[C@H]2C[C@H]1O. The van der Waals surface area contributed by atoms with E-state index in [1.807, 2.05) is 42.5 Å². The zero-order valence-corrected chi connectivity index (χ0v) is 23.0. The lowest BCUT2D eigenvalue weighted by Crippen LogP contribution is -2.34. The molecular weight excluding hydrogens is 494 g/mol. The van der Waals surface area contributed by atoms with Gasteiger partial charge in [-0.05, 0) is 79.0 Å². The summed E-state index contributed by atoms with van der Waals surface area (Å²) < 4.78 is 11.1. The van der Waals surface area contributed by atoms with Gasteiger partial charge in [-0.3, -0.25) is 9.59 Å². The minimum atomic E-state index is -0.502. The lowest BCUT2D eigenvalue weighted by atomic mass is 9.73. The van der Waals surface area contributed by atoms with Gasteiger partial charge in [-0.2, -0.15) is 0 Å². The van der Waals surface area contributed by atoms with Gasteiger partial charge in [-0.25, -0.2) is 0 Å². The molecule has 0 radical (unpaired) electrons. The first kappa shape index (κ1) is 29.1. The molecule has 7 nitrogen and oxygen atoms in total. The number of nitrogens with one attached hydrogen (secondary N) is 1. The molecule has 0 unspecified atom stereocenters. The van der Waals surface area contributed by atoms with Gasteiger partial charge in [0.1, 0.15) is 18.9 Å². The van der Waals surface area contributed by atoms with Gasteiger partial charge in [-0.15, -0.1) is 0 Å². The number of ether oxygens (including phenoxy) is 2. The first-order valence-corrected chi connectivity index (χ1v) is 14.5. The zero-order valence-electron chi connectivity index (χ0n) is 23.0. The smallest absolute Gasteiger partial charge is 0.325 e. The van der Waals surface area contributed by atoms with Crippen molar-refractivity contribution in [2.24, 2.45) is 17.8 Å². The van der Waals surface area contributed by atoms with E-state index in [-0.39, 0.29) is 43.8 Å². The number of aliphatic hydroxyl groups excluding tert-OH is 2. The molecule has 2 aliphatic carbocycles. The Kier molecular flexibility index (Phi) is 10.8. The van der Waals surface area contributed by atoms with E-state index < -0.39 is 5.97 Å². The standard InChI is InChI=1S/C32H43NO6/c1-2-3-5-12-25(34)14-15-26-27-16-23-11-8-13-30(28(23)17-24(27)18-29(26)35)38-21-31(36)33-19-32(37)39-20-22-9-6-4-7-10-22/h4,6-11,13,24-27,29,34-35H,2-3,5,12,14-21H2,1H3,(H,33,36)/t24-,25-,26+,27-,29+/m0/s1. The Hall–Kier alpha value is -2.90. The average molecular weight is 538 g/mol. The van der Waals surface area contributed by atoms with E-state index in [1.54, 1.807) is 0 Å². The number of amides is 1. The van der Waals surface area contributed by atoms with Crippen LogP contribution in [0.25, 0.3) is 0 Å². The Balaban J connectivity index is 1.24. The highest BCUT2D eigenvalue weighted by atomic mass is 16.5. The summed E-state index contributed by atoms with van der Waals surface area (Å²) >= 11 is 0. The van der Waals surface area contributed by atoms with Crippen molar-refractivity contribution in [1.29, 1.82) is 0 Å². The number of carbonyl (C=O) groups is 2. The highest BCUT2D eigenvalue weighted by Gasteiger charge is 2.44. The van der Waals surface area contributed by atoms with Crippen molar-refractivity contribution >= 4 is 11.9 Å². The summed E-state index contributed by atoms with van der Waals surface area (Å²) in [5.41, 5.74) is 3.21. The maximum absolute atomic E-state index is 12.3. The van der Waals surface area contributed by atoms with E-state index in [0.717, 1.165) is 68.9 Å². The van der Waals surface area contributed by atoms with Crippen molar-refractivity contribution in [2.45, 2.75) is 83.5 Å². The van der Waals surface area contributed by atoms with Crippen LogP contribution in [-0.4, -0.2) is 47.4 Å². The quantitative estimate of drug-likeness (QED) is 0.244. The van der Waals surface area contributed by atoms with Crippen molar-refractivity contribution in [3.8, 4) is 5.75 Å². The highest BCUT2D eigenvalue weighted by Crippen LogP contribution is 2.48. The van der Waals surface area contributed by atoms with Crippen molar-refractivity contribution in [3.63, 3.8) is 0 Å². The van der Waals surface area contributed by atoms with Crippen molar-refractivity contribution < 1.29 is 29.3 Å². The second-order valence-corrected chi connectivity index (χ2v) is 11.1. The van der Waals surface area contributed by atoms with Gasteiger partial charge < -0.3 is 25.0 Å². The van der Waals surface area contributed by atoms with Crippen LogP contribution in [0.1, 0.15) is 68.6 Å². The van der Waals surface area contributed by atoms with E-state index in [0.29, 0.717) is 17.6 Å². The Bertz CT molecular complexity index is 1070. The molecular formula is C32H43NO6. The molecule has 2 aliphatic rings. The van der Waals surface area contributed by atoms with Gasteiger partial charge in [0.15, 0.2) is 6.61 Å². The summed E-state index contributed by atoms with van der Waals surface area (Å²) in [5, 5.41) is 23.8. The lowest BCUT2D eigenvalue weighted by molar-refractivity contribution is -0.145. The number of hydrogen-bond donors (Lipinski definition) is 3. The largest absolute Gasteiger partial charge is 0.483 e. The molecule has 39 heavy (non-hydrogen) atoms. The Morgan fingerprint density at radius 1 is 1.05 bits per heavy atom. The number of unbranched alkanes of at least 4 members (excludes halogenated alkanes) is 2. The van der Waals surface area contributed by atoms with Crippen molar-refractivity contribution in [2.75, 3.05) is 13.2 Å². The molecule has 212 valence electrons. The van der Waals surface area contributed by atoms with Crippen LogP contribution in [0.5, 0.6) is 5.75 Å². The Morgan fingerprint density at radius 2 is 1.87 bits per heavy atom. The maximum atomic E-state index is 12.3. The van der Waals surface area contributed by atoms with Crippen molar-refractivity contribution in [1.82, 2.24) is 5.32 Å². The number of esters is 1. The van der Waals surface area contributed by atoms with Gasteiger partial charge in [0.05, 0.1) is 12.2 Å². The summed E-state index contributed by atoms with van der Waals surface area (Å²) in [7, 11) is 0. The third kappa shape index (κ3) is 8.29. The molecule has 3 N–H and O–H groups in total. The molecule has 4 rings (SSSR count). The Morgan fingerprint density at radius 3 is 2.67 bits per heavy atom. The monoisotopic (exact) mass is 537 g/mol. The van der Waals surface area contributed by atoms with Gasteiger partial charge in [0.2, 0.25) is 0 Å². The highest BCUT2D eigenvalue weighted by molar-refractivity contribution is 5.82. The number of hydrogen-bond acceptors (Lipinski definition) is 6. The van der Waals surface area contributed by atoms with Crippen LogP contribution >= 0.6 is 0 Å². The van der Waals surface area contributed by atoms with E-state index in [9.17, 15) is 19.8 Å². The van der Waals surface area contributed by atoms with E-state index in [2.05, 4.69) is 18.3 Å². The molecule has 2 aromatic carbocycles. The topological polar surface area (TPSA) is 105 Å². The molecule has 0 heterocycles. The molecule has 0 bridgehead atoms. The molecule has 0 saturated heterocycles. The minimum Gasteiger partial charge on any atom is -0.483 e. The maximum Gasteiger partial charge on any atom is 0.325 e. The number of fused-ring (bicyclic) bond motifs is 2. The van der Waals surface area contributed by atoms with E-state index >= 15 is 0 Å². The number of carbonyl (C=O) groups excluding carboxylic acids is 2. The third-order valence-electron chi connectivity index (χ3n) is 8.35. The van der Waals surface area contributed by atoms with Crippen LogP contribution in [0.4, 0.5) is 0 Å². The second-order valence-electron chi connectivity index (χ2n) is 11.1. The predicted molar refractivity (Wildman–Crippen MR) is 149 cm³/mol. The van der Waals surface area contributed by atoms with Crippen LogP contribution in [-0.2, 0) is 33.8 Å². The van der Waals surface area contributed by atoms with Crippen LogP contribution in [0, 0.1) is 17.8 Å². The first-order valence-electron chi connectivity index (χ1n) is 14.5. The van der Waals surface area contributed by atoms with Crippen LogP contribution in [0.2, 0.25) is 0 Å². The molecule has 0 aliphatic heterocycles. The van der Waals surface area contributed by atoms with Crippen LogP contribution < -0.4 is 10.1 Å². The molecule has 5 atom stereocenters. The molecule has 1 saturated carbocycles. The summed E-state index contributed by atoms with van der Waals surface area (Å²) in [4.78, 5) is 24.3. The fourth-order valence-electron chi connectivity index (χ4n) is 6.25. The minimum absolute atomic E-state index is 0.166. The van der Waals surface area contributed by atoms with Gasteiger partial charge in [-0.1, -0.05) is 68.7 Å². The normalized spacial score (nSPS) is 22.4. The van der Waals surface area contributed by atoms with E-state index in [1.165, 1.54) is 5.56 Å². The summed E-state index contributed by atoms with van der Waals surface area (Å²) in [6.45, 7) is 1.94. The average Bonchev–Trinajstić information content (AvgIpc) is 3.25. The molecule has 7 heteroatoms. The zero-order chi connectivity index (χ0) is 27.6. The predicted octanol–water partition coefficient (Wildman–Crippen LogP) is 4.36. The first-order chi connectivity index (χ1) is 18.9. The summed E-state index contributed by atoms with van der Waals surface area (Å²) in [6, 6.07) is 15.3. The lowest BCUT2D eigenvalue weighted by Gasteiger charge is -2.32. The fourth-order valence-corrected chi connectivity index (χ4v) is 6.25. The summed E-state index contributed by atoms with van der Waals surface area (Å²) in [6.07, 6.45) is 7.65. The fraction of sp³-hybridized carbons (Fsp3) is 0.562.